The van der Waals surface area contributed by atoms with E-state index in [9.17, 15) is 8.42 Å². The fourth-order valence-corrected chi connectivity index (χ4v) is 2.53. The molecule has 0 aromatic heterocycles. The van der Waals surface area contributed by atoms with E-state index in [1.807, 2.05) is 19.1 Å². The summed E-state index contributed by atoms with van der Waals surface area (Å²) >= 11 is 0. The van der Waals surface area contributed by atoms with Crippen molar-refractivity contribution in [1.82, 2.24) is 0 Å². The van der Waals surface area contributed by atoms with Crippen molar-refractivity contribution < 1.29 is 8.42 Å². The molecular formula is C14H21NO2S. The molecule has 2 N–H and O–H groups in total. The molecule has 1 aromatic carbocycles. The summed E-state index contributed by atoms with van der Waals surface area (Å²) in [6.07, 6.45) is 4.06. The lowest BCUT2D eigenvalue weighted by Crippen LogP contribution is -2.03. The summed E-state index contributed by atoms with van der Waals surface area (Å²) in [7, 11) is -3.10. The van der Waals surface area contributed by atoms with E-state index in [-0.39, 0.29) is 5.75 Å². The van der Waals surface area contributed by atoms with E-state index in [0.29, 0.717) is 11.4 Å². The Morgan fingerprint density at radius 2 is 1.89 bits per heavy atom. The number of nitrogens with two attached hydrogens (primary N) is 1. The minimum Gasteiger partial charge on any atom is -0.330 e. The average molecular weight is 267 g/mol. The normalized spacial score (nSPS) is 12.7. The average Bonchev–Trinajstić information content (AvgIpc) is 2.39. The molecule has 0 saturated carbocycles. The van der Waals surface area contributed by atoms with Crippen LogP contribution in [-0.2, 0) is 9.84 Å². The Morgan fingerprint density at radius 1 is 1.28 bits per heavy atom. The van der Waals surface area contributed by atoms with E-state index in [1.54, 1.807) is 19.1 Å². The Morgan fingerprint density at radius 3 is 2.39 bits per heavy atom. The lowest BCUT2D eigenvalue weighted by Gasteiger charge is -2.05. The van der Waals surface area contributed by atoms with E-state index >= 15 is 0 Å². The van der Waals surface area contributed by atoms with E-state index in [2.05, 4.69) is 6.08 Å². The zero-order valence-corrected chi connectivity index (χ0v) is 11.8. The summed E-state index contributed by atoms with van der Waals surface area (Å²) in [6, 6.07) is 7.07. The van der Waals surface area contributed by atoms with Crippen LogP contribution in [0, 0.1) is 0 Å². The van der Waals surface area contributed by atoms with Gasteiger partial charge in [0.15, 0.2) is 9.84 Å². The van der Waals surface area contributed by atoms with Gasteiger partial charge in [0.25, 0.3) is 0 Å². The van der Waals surface area contributed by atoms with Crippen LogP contribution in [0.15, 0.2) is 35.2 Å². The first-order valence-corrected chi connectivity index (χ1v) is 7.86. The molecule has 100 valence electrons. The summed E-state index contributed by atoms with van der Waals surface area (Å²) in [5, 5.41) is 0. The number of rotatable bonds is 6. The summed E-state index contributed by atoms with van der Waals surface area (Å²) in [4.78, 5) is 0.392. The van der Waals surface area contributed by atoms with Gasteiger partial charge in [0, 0.05) is 0 Å². The predicted molar refractivity (Wildman–Crippen MR) is 76.1 cm³/mol. The molecule has 1 rings (SSSR count). The predicted octanol–water partition coefficient (Wildman–Crippen LogP) is 2.62. The standard InChI is InChI=1S/C14H21NO2S/c1-3-18(16,17)14-9-7-13(8-10-14)12(2)6-4-5-11-15/h6-10H,3-5,11,15H2,1-2H3/b12-6+. The van der Waals surface area contributed by atoms with Gasteiger partial charge in [-0.1, -0.05) is 25.1 Å². The van der Waals surface area contributed by atoms with Gasteiger partial charge in [0.1, 0.15) is 0 Å². The molecule has 0 atom stereocenters. The summed E-state index contributed by atoms with van der Waals surface area (Å²) < 4.78 is 23.3. The molecule has 3 nitrogen and oxygen atoms in total. The number of hydrogen-bond donors (Lipinski definition) is 1. The molecule has 1 aromatic rings. The van der Waals surface area contributed by atoms with Crippen LogP contribution in [0.4, 0.5) is 0 Å². The highest BCUT2D eigenvalue weighted by molar-refractivity contribution is 7.91. The topological polar surface area (TPSA) is 60.2 Å². The number of allylic oxidation sites excluding steroid dienone is 2. The van der Waals surface area contributed by atoms with Crippen LogP contribution in [-0.4, -0.2) is 20.7 Å². The lowest BCUT2D eigenvalue weighted by atomic mass is 10.1. The second kappa shape index (κ2) is 6.71. The Hall–Kier alpha value is -1.13. The second-order valence-corrected chi connectivity index (χ2v) is 6.52. The monoisotopic (exact) mass is 267 g/mol. The van der Waals surface area contributed by atoms with Gasteiger partial charge in [0.2, 0.25) is 0 Å². The van der Waals surface area contributed by atoms with Crippen LogP contribution >= 0.6 is 0 Å². The zero-order valence-electron chi connectivity index (χ0n) is 11.0. The maximum absolute atomic E-state index is 11.7. The summed E-state index contributed by atoms with van der Waals surface area (Å²) in [5.74, 6) is 0.137. The molecule has 0 heterocycles. The maximum atomic E-state index is 11.7. The summed E-state index contributed by atoms with van der Waals surface area (Å²) in [6.45, 7) is 4.37. The van der Waals surface area contributed by atoms with Crippen LogP contribution in [0.2, 0.25) is 0 Å². The Kier molecular flexibility index (Phi) is 5.56. The molecular weight excluding hydrogens is 246 g/mol. The first-order chi connectivity index (χ1) is 8.51. The molecule has 0 amide bonds. The number of hydrogen-bond acceptors (Lipinski definition) is 3. The van der Waals surface area contributed by atoms with E-state index in [1.165, 1.54) is 0 Å². The van der Waals surface area contributed by atoms with Gasteiger partial charge < -0.3 is 5.73 Å². The first-order valence-electron chi connectivity index (χ1n) is 6.21. The SMILES string of the molecule is CCS(=O)(=O)c1ccc(/C(C)=C/CCCN)cc1. The number of sulfone groups is 1. The molecule has 0 saturated heterocycles. The lowest BCUT2D eigenvalue weighted by molar-refractivity contribution is 0.597. The Labute approximate surface area is 110 Å². The highest BCUT2D eigenvalue weighted by Crippen LogP contribution is 2.18. The molecule has 4 heteroatoms. The molecule has 0 aliphatic carbocycles. The third kappa shape index (κ3) is 3.96. The Bertz CT molecular complexity index is 501. The minimum atomic E-state index is -3.10. The minimum absolute atomic E-state index is 0.137. The van der Waals surface area contributed by atoms with Crippen molar-refractivity contribution in [3.8, 4) is 0 Å². The fraction of sp³-hybridized carbons (Fsp3) is 0.429. The number of unbranched alkanes of at least 4 members (excludes halogenated alkanes) is 1. The van der Waals surface area contributed by atoms with Crippen molar-refractivity contribution in [1.29, 1.82) is 0 Å². The van der Waals surface area contributed by atoms with Gasteiger partial charge in [-0.25, -0.2) is 8.42 Å². The largest absolute Gasteiger partial charge is 0.330 e. The highest BCUT2D eigenvalue weighted by atomic mass is 32.2. The molecule has 0 aliphatic rings. The van der Waals surface area contributed by atoms with Crippen molar-refractivity contribution in [2.75, 3.05) is 12.3 Å². The van der Waals surface area contributed by atoms with Gasteiger partial charge in [-0.15, -0.1) is 0 Å². The van der Waals surface area contributed by atoms with Gasteiger partial charge in [-0.05, 0) is 49.6 Å². The van der Waals surface area contributed by atoms with E-state index in [4.69, 9.17) is 5.73 Å². The molecule has 0 spiro atoms. The number of benzene rings is 1. The van der Waals surface area contributed by atoms with Gasteiger partial charge in [-0.2, -0.15) is 0 Å². The molecule has 0 fully saturated rings. The van der Waals surface area contributed by atoms with Crippen LogP contribution in [0.3, 0.4) is 0 Å². The van der Waals surface area contributed by atoms with Crippen LogP contribution in [0.25, 0.3) is 5.57 Å². The van der Waals surface area contributed by atoms with Gasteiger partial charge >= 0.3 is 0 Å². The molecule has 0 radical (unpaired) electrons. The smallest absolute Gasteiger partial charge is 0.178 e. The highest BCUT2D eigenvalue weighted by Gasteiger charge is 2.10. The molecule has 0 bridgehead atoms. The van der Waals surface area contributed by atoms with Crippen molar-refractivity contribution in [3.63, 3.8) is 0 Å². The van der Waals surface area contributed by atoms with Crippen LogP contribution in [0.5, 0.6) is 0 Å². The maximum Gasteiger partial charge on any atom is 0.178 e. The summed E-state index contributed by atoms with van der Waals surface area (Å²) in [5.41, 5.74) is 7.65. The third-order valence-electron chi connectivity index (χ3n) is 2.91. The van der Waals surface area contributed by atoms with Gasteiger partial charge in [0.05, 0.1) is 10.6 Å². The fourth-order valence-electron chi connectivity index (χ4n) is 1.65. The third-order valence-corrected chi connectivity index (χ3v) is 4.66. The first kappa shape index (κ1) is 14.9. The van der Waals surface area contributed by atoms with Crippen molar-refractivity contribution in [2.24, 2.45) is 5.73 Å². The van der Waals surface area contributed by atoms with Crippen molar-refractivity contribution >= 4 is 15.4 Å². The molecule has 18 heavy (non-hydrogen) atoms. The van der Waals surface area contributed by atoms with Crippen molar-refractivity contribution in [3.05, 3.63) is 35.9 Å². The van der Waals surface area contributed by atoms with E-state index in [0.717, 1.165) is 24.0 Å². The molecule has 0 unspecified atom stereocenters. The van der Waals surface area contributed by atoms with Crippen molar-refractivity contribution in [2.45, 2.75) is 31.6 Å². The molecule has 0 aliphatic heterocycles. The van der Waals surface area contributed by atoms with Crippen LogP contribution < -0.4 is 5.73 Å². The second-order valence-electron chi connectivity index (χ2n) is 4.25. The quantitative estimate of drug-likeness (QED) is 0.806. The zero-order chi connectivity index (χ0) is 13.6. The Balaban J connectivity index is 2.86. The van der Waals surface area contributed by atoms with E-state index < -0.39 is 9.84 Å². The van der Waals surface area contributed by atoms with Crippen LogP contribution in [0.1, 0.15) is 32.3 Å². The van der Waals surface area contributed by atoms with Gasteiger partial charge in [-0.3, -0.25) is 0 Å².